The maximum atomic E-state index is 12.9. The summed E-state index contributed by atoms with van der Waals surface area (Å²) < 4.78 is 0. The second-order valence-electron chi connectivity index (χ2n) is 7.69. The van der Waals surface area contributed by atoms with E-state index >= 15 is 0 Å². The Hall–Kier alpha value is -1.33. The molecule has 1 aliphatic heterocycles. The predicted molar refractivity (Wildman–Crippen MR) is 97.8 cm³/mol. The molecule has 1 aliphatic carbocycles. The van der Waals surface area contributed by atoms with Gasteiger partial charge in [0.1, 0.15) is 5.56 Å². The van der Waals surface area contributed by atoms with Crippen LogP contribution in [0.3, 0.4) is 0 Å². The van der Waals surface area contributed by atoms with Gasteiger partial charge < -0.3 is 15.6 Å². The summed E-state index contributed by atoms with van der Waals surface area (Å²) in [6, 6.07) is 1.93. The molecule has 0 radical (unpaired) electrons. The molecule has 0 spiro atoms. The number of likely N-dealkylation sites (tertiary alicyclic amines) is 1. The van der Waals surface area contributed by atoms with Crippen LogP contribution >= 0.6 is 12.4 Å². The number of rotatable bonds is 1. The monoisotopic (exact) mass is 353 g/mol. The van der Waals surface area contributed by atoms with Crippen LogP contribution in [0.4, 0.5) is 0 Å². The van der Waals surface area contributed by atoms with E-state index < -0.39 is 0 Å². The molecular formula is C18H28ClN3O2. The van der Waals surface area contributed by atoms with E-state index in [2.05, 4.69) is 18.8 Å². The maximum absolute atomic E-state index is 12.9. The number of aryl methyl sites for hydroxylation is 2. The van der Waals surface area contributed by atoms with Crippen LogP contribution in [-0.4, -0.2) is 34.9 Å². The third kappa shape index (κ3) is 3.67. The number of amides is 1. The molecule has 0 bridgehead atoms. The zero-order valence-electron chi connectivity index (χ0n) is 14.6. The predicted octanol–water partition coefficient (Wildman–Crippen LogP) is 2.27. The summed E-state index contributed by atoms with van der Waals surface area (Å²) in [5.74, 6) is -0.154. The van der Waals surface area contributed by atoms with Gasteiger partial charge >= 0.3 is 0 Å². The minimum atomic E-state index is -0.247. The number of H-pyrrole nitrogens is 1. The Labute approximate surface area is 149 Å². The highest BCUT2D eigenvalue weighted by molar-refractivity contribution is 5.94. The van der Waals surface area contributed by atoms with Gasteiger partial charge in [0, 0.05) is 24.8 Å². The van der Waals surface area contributed by atoms with Crippen molar-refractivity contribution in [3.8, 4) is 0 Å². The summed E-state index contributed by atoms with van der Waals surface area (Å²) in [4.78, 5) is 30.0. The third-order valence-electron chi connectivity index (χ3n) is 5.42. The Balaban J connectivity index is 0.00000208. The van der Waals surface area contributed by atoms with Crippen LogP contribution in [0.25, 0.3) is 0 Å². The molecule has 1 amide bonds. The molecule has 2 heterocycles. The molecule has 1 unspecified atom stereocenters. The maximum Gasteiger partial charge on any atom is 0.261 e. The number of halogens is 1. The number of pyridine rings is 1. The number of piperidine rings is 1. The molecular weight excluding hydrogens is 326 g/mol. The number of fused-ring (bicyclic) bond motifs is 1. The van der Waals surface area contributed by atoms with E-state index in [0.29, 0.717) is 13.1 Å². The Bertz CT molecular complexity index is 669. The van der Waals surface area contributed by atoms with Crippen LogP contribution < -0.4 is 11.3 Å². The molecule has 3 rings (SSSR count). The Kier molecular flexibility index (Phi) is 5.76. The number of hydrogen-bond acceptors (Lipinski definition) is 3. The molecule has 0 aromatic carbocycles. The summed E-state index contributed by atoms with van der Waals surface area (Å²) in [6.07, 6.45) is 6.04. The van der Waals surface area contributed by atoms with Crippen LogP contribution in [0.2, 0.25) is 0 Å². The Morgan fingerprint density at radius 3 is 2.71 bits per heavy atom. The normalized spacial score (nSPS) is 23.0. The zero-order valence-corrected chi connectivity index (χ0v) is 15.4. The van der Waals surface area contributed by atoms with Gasteiger partial charge in [-0.15, -0.1) is 12.4 Å². The molecule has 134 valence electrons. The molecule has 1 saturated heterocycles. The Morgan fingerprint density at radius 2 is 2.00 bits per heavy atom. The van der Waals surface area contributed by atoms with Crippen molar-refractivity contribution in [3.05, 3.63) is 33.2 Å². The number of nitrogens with one attached hydrogen (secondary N) is 1. The first-order chi connectivity index (χ1) is 10.9. The van der Waals surface area contributed by atoms with E-state index in [9.17, 15) is 9.59 Å². The second kappa shape index (κ2) is 7.28. The van der Waals surface area contributed by atoms with Crippen molar-refractivity contribution in [1.82, 2.24) is 9.88 Å². The van der Waals surface area contributed by atoms with Crippen molar-refractivity contribution in [2.24, 2.45) is 11.1 Å². The standard InChI is InChI=1S/C18H27N3O2.ClH/c1-18(2)11-21(9-8-15(18)19)17(23)13-10-12-6-4-3-5-7-14(12)20-16(13)22;/h10,15H,3-9,11,19H2,1-2H3,(H,20,22);1H. The molecule has 5 nitrogen and oxygen atoms in total. The van der Waals surface area contributed by atoms with Gasteiger partial charge in [-0.2, -0.15) is 0 Å². The van der Waals surface area contributed by atoms with Gasteiger partial charge in [-0.1, -0.05) is 20.3 Å². The summed E-state index contributed by atoms with van der Waals surface area (Å²) in [6.45, 7) is 5.39. The van der Waals surface area contributed by atoms with Gasteiger partial charge in [-0.3, -0.25) is 9.59 Å². The summed E-state index contributed by atoms with van der Waals surface area (Å²) in [5.41, 5.74) is 8.23. The number of carbonyl (C=O) groups excluding carboxylic acids is 1. The first kappa shape index (κ1) is 19.0. The van der Waals surface area contributed by atoms with Crippen molar-refractivity contribution < 1.29 is 4.79 Å². The lowest BCUT2D eigenvalue weighted by molar-refractivity contribution is 0.0531. The number of hydrogen-bond donors (Lipinski definition) is 2. The van der Waals surface area contributed by atoms with Gasteiger partial charge in [-0.25, -0.2) is 0 Å². The largest absolute Gasteiger partial charge is 0.338 e. The quantitative estimate of drug-likeness (QED) is 0.760. The van der Waals surface area contributed by atoms with Gasteiger partial charge in [-0.05, 0) is 49.1 Å². The highest BCUT2D eigenvalue weighted by Gasteiger charge is 2.36. The number of carbonyl (C=O) groups is 1. The smallest absolute Gasteiger partial charge is 0.261 e. The number of aromatic amines is 1. The first-order valence-corrected chi connectivity index (χ1v) is 8.68. The van der Waals surface area contributed by atoms with Crippen molar-refractivity contribution >= 4 is 18.3 Å². The fourth-order valence-electron chi connectivity index (χ4n) is 3.73. The van der Waals surface area contributed by atoms with Gasteiger partial charge in [0.2, 0.25) is 0 Å². The van der Waals surface area contributed by atoms with Crippen molar-refractivity contribution in [2.75, 3.05) is 13.1 Å². The van der Waals surface area contributed by atoms with Gasteiger partial charge in [0.15, 0.2) is 0 Å². The second-order valence-corrected chi connectivity index (χ2v) is 7.69. The highest BCUT2D eigenvalue weighted by atomic mass is 35.5. The molecule has 6 heteroatoms. The third-order valence-corrected chi connectivity index (χ3v) is 5.42. The van der Waals surface area contributed by atoms with E-state index in [1.807, 2.05) is 6.07 Å². The zero-order chi connectivity index (χ0) is 16.6. The van der Waals surface area contributed by atoms with E-state index in [0.717, 1.165) is 43.4 Å². The minimum absolute atomic E-state index is 0. The average molecular weight is 354 g/mol. The number of nitrogens with zero attached hydrogens (tertiary/aromatic N) is 1. The van der Waals surface area contributed by atoms with E-state index in [-0.39, 0.29) is 40.9 Å². The molecule has 2 aliphatic rings. The van der Waals surface area contributed by atoms with E-state index in [1.165, 1.54) is 6.42 Å². The first-order valence-electron chi connectivity index (χ1n) is 8.68. The van der Waals surface area contributed by atoms with Gasteiger partial charge in [0.25, 0.3) is 11.5 Å². The SMILES string of the molecule is CC1(C)CN(C(=O)c2cc3c([nH]c2=O)CCCCC3)CCC1N.Cl. The fourth-order valence-corrected chi connectivity index (χ4v) is 3.73. The number of nitrogens with two attached hydrogens (primary N) is 1. The topological polar surface area (TPSA) is 79.2 Å². The van der Waals surface area contributed by atoms with Crippen LogP contribution in [0.15, 0.2) is 10.9 Å². The Morgan fingerprint density at radius 1 is 1.29 bits per heavy atom. The van der Waals surface area contributed by atoms with Crippen LogP contribution in [0, 0.1) is 5.41 Å². The molecule has 1 atom stereocenters. The van der Waals surface area contributed by atoms with E-state index in [1.54, 1.807) is 4.90 Å². The summed E-state index contributed by atoms with van der Waals surface area (Å²) >= 11 is 0. The van der Waals surface area contributed by atoms with Crippen molar-refractivity contribution in [2.45, 2.75) is 58.4 Å². The lowest BCUT2D eigenvalue weighted by Crippen LogP contribution is -2.54. The fraction of sp³-hybridized carbons (Fsp3) is 0.667. The molecule has 1 fully saturated rings. The minimum Gasteiger partial charge on any atom is -0.338 e. The average Bonchev–Trinajstić information content (AvgIpc) is 2.73. The molecule has 1 aromatic rings. The molecule has 1 aromatic heterocycles. The summed E-state index contributed by atoms with van der Waals surface area (Å²) in [7, 11) is 0. The van der Waals surface area contributed by atoms with E-state index in [4.69, 9.17) is 5.73 Å². The molecule has 3 N–H and O–H groups in total. The van der Waals surface area contributed by atoms with Crippen LogP contribution in [-0.2, 0) is 12.8 Å². The van der Waals surface area contributed by atoms with Crippen molar-refractivity contribution in [1.29, 1.82) is 0 Å². The lowest BCUT2D eigenvalue weighted by Gasteiger charge is -2.42. The summed E-state index contributed by atoms with van der Waals surface area (Å²) in [5, 5.41) is 0. The molecule has 0 saturated carbocycles. The van der Waals surface area contributed by atoms with Crippen LogP contribution in [0.1, 0.15) is 61.1 Å². The van der Waals surface area contributed by atoms with Gasteiger partial charge in [0.05, 0.1) is 0 Å². The van der Waals surface area contributed by atoms with Crippen molar-refractivity contribution in [3.63, 3.8) is 0 Å². The lowest BCUT2D eigenvalue weighted by atomic mass is 9.79. The molecule has 24 heavy (non-hydrogen) atoms. The van der Waals surface area contributed by atoms with Crippen LogP contribution in [0.5, 0.6) is 0 Å². The highest BCUT2D eigenvalue weighted by Crippen LogP contribution is 2.28. The number of aromatic nitrogens is 1.